The fraction of sp³-hybridized carbons (Fsp3) is 0.562. The molecular formula is C16H19ClN4O4S. The molecule has 3 rings (SSSR count). The second kappa shape index (κ2) is 7.32. The maximum atomic E-state index is 12.5. The molecule has 2 saturated heterocycles. The summed E-state index contributed by atoms with van der Waals surface area (Å²) in [7, 11) is 0. The van der Waals surface area contributed by atoms with Crippen molar-refractivity contribution in [3.8, 4) is 0 Å². The van der Waals surface area contributed by atoms with Gasteiger partial charge in [-0.3, -0.25) is 24.1 Å². The van der Waals surface area contributed by atoms with E-state index in [1.54, 1.807) is 10.3 Å². The molecule has 0 saturated carbocycles. The van der Waals surface area contributed by atoms with Gasteiger partial charge in [0.05, 0.1) is 0 Å². The number of carbonyl (C=O) groups is 4. The zero-order valence-electron chi connectivity index (χ0n) is 14.4. The molecule has 2 aliphatic heterocycles. The van der Waals surface area contributed by atoms with Gasteiger partial charge in [0.15, 0.2) is 5.01 Å². The summed E-state index contributed by atoms with van der Waals surface area (Å²) in [6.07, 6.45) is 0.885. The molecule has 140 valence electrons. The minimum Gasteiger partial charge on any atom is -0.350 e. The highest BCUT2D eigenvalue weighted by molar-refractivity contribution is 7.12. The van der Waals surface area contributed by atoms with Crippen molar-refractivity contribution in [3.63, 3.8) is 0 Å². The van der Waals surface area contributed by atoms with E-state index in [0.717, 1.165) is 4.90 Å². The van der Waals surface area contributed by atoms with Gasteiger partial charge in [0.2, 0.25) is 17.7 Å². The lowest BCUT2D eigenvalue weighted by atomic mass is 10.1. The van der Waals surface area contributed by atoms with Gasteiger partial charge in [0.25, 0.3) is 5.91 Å². The summed E-state index contributed by atoms with van der Waals surface area (Å²) < 4.78 is 0. The Balaban J connectivity index is 1.61. The predicted octanol–water partition coefficient (Wildman–Crippen LogP) is 1.05. The summed E-state index contributed by atoms with van der Waals surface area (Å²) >= 11 is 6.96. The number of hydrogen-bond donors (Lipinski definition) is 1. The molecule has 0 bridgehead atoms. The number of nitrogens with zero attached hydrogens (tertiary/aromatic N) is 3. The normalized spacial score (nSPS) is 24.3. The second-order valence-corrected chi connectivity index (χ2v) is 7.80. The summed E-state index contributed by atoms with van der Waals surface area (Å²) in [5, 5.41) is 5.04. The first-order valence-corrected chi connectivity index (χ1v) is 9.61. The third-order valence-electron chi connectivity index (χ3n) is 4.70. The van der Waals surface area contributed by atoms with Crippen LogP contribution >= 0.6 is 22.9 Å². The van der Waals surface area contributed by atoms with Crippen molar-refractivity contribution in [2.45, 2.75) is 51.2 Å². The molecule has 2 aliphatic rings. The molecular weight excluding hydrogens is 380 g/mol. The van der Waals surface area contributed by atoms with E-state index < -0.39 is 11.9 Å². The molecule has 1 N–H and O–H groups in total. The van der Waals surface area contributed by atoms with Gasteiger partial charge in [-0.2, -0.15) is 0 Å². The third-order valence-corrected chi connectivity index (χ3v) is 5.85. The molecule has 0 spiro atoms. The highest BCUT2D eigenvalue weighted by Crippen LogP contribution is 2.23. The van der Waals surface area contributed by atoms with Crippen LogP contribution in [0.25, 0.3) is 0 Å². The molecule has 0 radical (unpaired) electrons. The number of rotatable bonds is 4. The van der Waals surface area contributed by atoms with Gasteiger partial charge in [-0.05, 0) is 20.3 Å². The van der Waals surface area contributed by atoms with Gasteiger partial charge in [0.1, 0.15) is 11.2 Å². The highest BCUT2D eigenvalue weighted by Gasteiger charge is 2.39. The van der Waals surface area contributed by atoms with Crippen LogP contribution in [0.15, 0.2) is 5.38 Å². The number of amides is 4. The molecule has 1 aromatic heterocycles. The summed E-state index contributed by atoms with van der Waals surface area (Å²) in [5.74, 6) is -1.26. The summed E-state index contributed by atoms with van der Waals surface area (Å²) in [6, 6.07) is -1.16. The molecule has 26 heavy (non-hydrogen) atoms. The Morgan fingerprint density at radius 2 is 2.00 bits per heavy atom. The molecule has 3 heterocycles. The number of likely N-dealkylation sites (tertiary alicyclic amines) is 2. The van der Waals surface area contributed by atoms with Crippen molar-refractivity contribution in [3.05, 3.63) is 15.5 Å². The van der Waals surface area contributed by atoms with E-state index in [1.165, 1.54) is 18.3 Å². The van der Waals surface area contributed by atoms with E-state index in [1.807, 2.05) is 6.92 Å². The molecule has 3 atom stereocenters. The Bertz CT molecular complexity index is 751. The minimum atomic E-state index is -0.852. The van der Waals surface area contributed by atoms with Crippen molar-refractivity contribution in [1.82, 2.24) is 20.1 Å². The minimum absolute atomic E-state index is 0.0687. The lowest BCUT2D eigenvalue weighted by molar-refractivity contribution is -0.146. The lowest BCUT2D eigenvalue weighted by Gasteiger charge is -2.23. The number of thiazole rings is 1. The van der Waals surface area contributed by atoms with Crippen molar-refractivity contribution >= 4 is 46.6 Å². The number of aromatic nitrogens is 1. The van der Waals surface area contributed by atoms with Gasteiger partial charge in [-0.15, -0.1) is 11.3 Å². The number of halogens is 1. The van der Waals surface area contributed by atoms with Gasteiger partial charge >= 0.3 is 0 Å². The van der Waals surface area contributed by atoms with Gasteiger partial charge in [-0.25, -0.2) is 4.98 Å². The standard InChI is InChI=1S/C16H19ClN4O4S/c1-8-5-10(6-20(8)16(25)15-19-11(17)7-26-15)18-14(24)9(2)21-12(22)3-4-13(21)23/h7-10H,3-6H2,1-2H3,(H,18,24). The summed E-state index contributed by atoms with van der Waals surface area (Å²) in [6.45, 7) is 3.78. The average molecular weight is 399 g/mol. The maximum Gasteiger partial charge on any atom is 0.283 e. The van der Waals surface area contributed by atoms with E-state index in [4.69, 9.17) is 11.6 Å². The molecule has 1 aromatic rings. The smallest absolute Gasteiger partial charge is 0.283 e. The van der Waals surface area contributed by atoms with Crippen LogP contribution in [0, 0.1) is 0 Å². The number of hydrogen-bond acceptors (Lipinski definition) is 6. The van der Waals surface area contributed by atoms with Crippen LogP contribution in [-0.4, -0.2) is 63.1 Å². The van der Waals surface area contributed by atoms with E-state index in [2.05, 4.69) is 10.3 Å². The lowest BCUT2D eigenvalue weighted by Crippen LogP contribution is -2.50. The van der Waals surface area contributed by atoms with Crippen LogP contribution in [0.4, 0.5) is 0 Å². The fourth-order valence-electron chi connectivity index (χ4n) is 3.36. The molecule has 2 fully saturated rings. The topological polar surface area (TPSA) is 99.7 Å². The SMILES string of the molecule is CC1CC(NC(=O)C(C)N2C(=O)CCC2=O)CN1C(=O)c1nc(Cl)cs1. The van der Waals surface area contributed by atoms with Gasteiger partial charge in [0, 0.05) is 36.9 Å². The Morgan fingerprint density at radius 1 is 1.35 bits per heavy atom. The second-order valence-electron chi connectivity index (χ2n) is 6.56. The third kappa shape index (κ3) is 3.59. The molecule has 3 unspecified atom stereocenters. The summed E-state index contributed by atoms with van der Waals surface area (Å²) in [4.78, 5) is 55.2. The van der Waals surface area contributed by atoms with Gasteiger partial charge < -0.3 is 10.2 Å². The van der Waals surface area contributed by atoms with Crippen LogP contribution < -0.4 is 5.32 Å². The molecule has 4 amide bonds. The first kappa shape index (κ1) is 18.8. The van der Waals surface area contributed by atoms with Gasteiger partial charge in [-0.1, -0.05) is 11.6 Å². The number of nitrogens with one attached hydrogen (secondary N) is 1. The van der Waals surface area contributed by atoms with Crippen LogP contribution in [-0.2, 0) is 14.4 Å². The zero-order chi connectivity index (χ0) is 19.0. The largest absolute Gasteiger partial charge is 0.350 e. The zero-order valence-corrected chi connectivity index (χ0v) is 16.0. The molecule has 0 aromatic carbocycles. The average Bonchev–Trinajstić information content (AvgIpc) is 3.26. The molecule has 8 nitrogen and oxygen atoms in total. The molecule has 0 aliphatic carbocycles. The van der Waals surface area contributed by atoms with E-state index >= 15 is 0 Å². The highest BCUT2D eigenvalue weighted by atomic mass is 35.5. The predicted molar refractivity (Wildman–Crippen MR) is 94.7 cm³/mol. The monoisotopic (exact) mass is 398 g/mol. The Hall–Kier alpha value is -2.00. The van der Waals surface area contributed by atoms with Crippen molar-refractivity contribution in [2.24, 2.45) is 0 Å². The molecule has 10 heteroatoms. The van der Waals surface area contributed by atoms with Crippen LogP contribution in [0.5, 0.6) is 0 Å². The maximum absolute atomic E-state index is 12.5. The Labute approximate surface area is 159 Å². The van der Waals surface area contributed by atoms with Crippen molar-refractivity contribution < 1.29 is 19.2 Å². The Kier molecular flexibility index (Phi) is 5.29. The number of imide groups is 1. The van der Waals surface area contributed by atoms with E-state index in [0.29, 0.717) is 18.0 Å². The van der Waals surface area contributed by atoms with Crippen molar-refractivity contribution in [2.75, 3.05) is 6.54 Å². The van der Waals surface area contributed by atoms with Crippen LogP contribution in [0.1, 0.15) is 42.9 Å². The van der Waals surface area contributed by atoms with E-state index in [9.17, 15) is 19.2 Å². The Morgan fingerprint density at radius 3 is 2.58 bits per heavy atom. The fourth-order valence-corrected chi connectivity index (χ4v) is 4.26. The van der Waals surface area contributed by atoms with Crippen molar-refractivity contribution in [1.29, 1.82) is 0 Å². The number of carbonyl (C=O) groups excluding carboxylic acids is 4. The summed E-state index contributed by atoms with van der Waals surface area (Å²) in [5.41, 5.74) is 0. The quantitative estimate of drug-likeness (QED) is 0.764. The van der Waals surface area contributed by atoms with Crippen LogP contribution in [0.3, 0.4) is 0 Å². The van der Waals surface area contributed by atoms with E-state index in [-0.39, 0.29) is 47.8 Å². The first-order chi connectivity index (χ1) is 12.3. The first-order valence-electron chi connectivity index (χ1n) is 8.35. The van der Waals surface area contributed by atoms with Crippen LogP contribution in [0.2, 0.25) is 5.15 Å².